The van der Waals surface area contributed by atoms with Crippen LogP contribution in [0.3, 0.4) is 0 Å². The zero-order chi connectivity index (χ0) is 9.68. The molecule has 1 aliphatic carbocycles. The van der Waals surface area contributed by atoms with Gasteiger partial charge in [-0.1, -0.05) is 44.0 Å². The fourth-order valence-corrected chi connectivity index (χ4v) is 2.68. The quantitative estimate of drug-likeness (QED) is 0.498. The largest absolute Gasteiger partial charge is 0.282 e. The molecule has 0 saturated heterocycles. The second kappa shape index (κ2) is 5.48. The van der Waals surface area contributed by atoms with Crippen molar-refractivity contribution in [3.63, 3.8) is 0 Å². The predicted molar refractivity (Wildman–Crippen MR) is 58.9 cm³/mol. The highest BCUT2D eigenvalue weighted by Gasteiger charge is 2.16. The van der Waals surface area contributed by atoms with E-state index in [1.54, 1.807) is 6.92 Å². The van der Waals surface area contributed by atoms with Gasteiger partial charge < -0.3 is 0 Å². The standard InChI is InChI=1S/C11H18OS/c1-9(2)11(12)13-10-7-5-3-4-6-8-10/h10H,1,3-8H2,2H3. The van der Waals surface area contributed by atoms with Gasteiger partial charge in [0.2, 0.25) is 5.12 Å². The van der Waals surface area contributed by atoms with Crippen LogP contribution in [0.5, 0.6) is 0 Å². The minimum absolute atomic E-state index is 0.187. The van der Waals surface area contributed by atoms with Gasteiger partial charge in [-0.25, -0.2) is 0 Å². The predicted octanol–water partition coefficient (Wildman–Crippen LogP) is 3.55. The molecule has 13 heavy (non-hydrogen) atoms. The van der Waals surface area contributed by atoms with Gasteiger partial charge >= 0.3 is 0 Å². The summed E-state index contributed by atoms with van der Waals surface area (Å²) in [6.45, 7) is 5.47. The van der Waals surface area contributed by atoms with Crippen molar-refractivity contribution in [1.29, 1.82) is 0 Å². The van der Waals surface area contributed by atoms with E-state index in [9.17, 15) is 4.79 Å². The van der Waals surface area contributed by atoms with Crippen LogP contribution in [0.2, 0.25) is 0 Å². The highest BCUT2D eigenvalue weighted by Crippen LogP contribution is 2.28. The van der Waals surface area contributed by atoms with Crippen LogP contribution < -0.4 is 0 Å². The lowest BCUT2D eigenvalue weighted by atomic mass is 10.2. The van der Waals surface area contributed by atoms with E-state index < -0.39 is 0 Å². The molecule has 1 saturated carbocycles. The molecule has 0 heterocycles. The lowest BCUT2D eigenvalue weighted by Crippen LogP contribution is -2.05. The van der Waals surface area contributed by atoms with Crippen LogP contribution in [0.15, 0.2) is 12.2 Å². The van der Waals surface area contributed by atoms with Crippen molar-refractivity contribution in [2.24, 2.45) is 0 Å². The maximum absolute atomic E-state index is 11.4. The average Bonchev–Trinajstić information content (AvgIpc) is 2.32. The van der Waals surface area contributed by atoms with Gasteiger partial charge in [0, 0.05) is 5.25 Å². The summed E-state index contributed by atoms with van der Waals surface area (Å²) < 4.78 is 0. The molecule has 0 aromatic heterocycles. The zero-order valence-electron chi connectivity index (χ0n) is 8.34. The van der Waals surface area contributed by atoms with Gasteiger partial charge in [-0.15, -0.1) is 0 Å². The first-order valence-corrected chi connectivity index (χ1v) is 5.94. The van der Waals surface area contributed by atoms with E-state index >= 15 is 0 Å². The van der Waals surface area contributed by atoms with E-state index in [2.05, 4.69) is 6.58 Å². The van der Waals surface area contributed by atoms with Gasteiger partial charge in [0.05, 0.1) is 0 Å². The number of hydrogen-bond acceptors (Lipinski definition) is 2. The SMILES string of the molecule is C=C(C)C(=O)SC1CCCCCC1. The molecular weight excluding hydrogens is 180 g/mol. The molecule has 0 radical (unpaired) electrons. The monoisotopic (exact) mass is 198 g/mol. The molecule has 1 aliphatic rings. The molecule has 0 atom stereocenters. The lowest BCUT2D eigenvalue weighted by molar-refractivity contribution is -0.107. The molecule has 0 unspecified atom stereocenters. The first kappa shape index (κ1) is 10.8. The second-order valence-corrected chi connectivity index (χ2v) is 5.07. The van der Waals surface area contributed by atoms with Crippen LogP contribution in [-0.4, -0.2) is 10.4 Å². The Hall–Kier alpha value is -0.240. The van der Waals surface area contributed by atoms with E-state index in [0.717, 1.165) is 0 Å². The summed E-state index contributed by atoms with van der Waals surface area (Å²) in [6, 6.07) is 0. The van der Waals surface area contributed by atoms with Crippen molar-refractivity contribution in [2.45, 2.75) is 50.7 Å². The smallest absolute Gasteiger partial charge is 0.214 e. The summed E-state index contributed by atoms with van der Waals surface area (Å²) in [4.78, 5) is 11.4. The fourth-order valence-electron chi connectivity index (χ4n) is 1.61. The van der Waals surface area contributed by atoms with Crippen LogP contribution in [0.25, 0.3) is 0 Å². The van der Waals surface area contributed by atoms with Gasteiger partial charge in [0.25, 0.3) is 0 Å². The van der Waals surface area contributed by atoms with E-state index in [-0.39, 0.29) is 5.12 Å². The van der Waals surface area contributed by atoms with Crippen molar-refractivity contribution in [3.05, 3.63) is 12.2 Å². The number of rotatable bonds is 2. The first-order valence-electron chi connectivity index (χ1n) is 5.06. The van der Waals surface area contributed by atoms with Crippen molar-refractivity contribution < 1.29 is 4.79 Å². The fraction of sp³-hybridized carbons (Fsp3) is 0.727. The summed E-state index contributed by atoms with van der Waals surface area (Å²) in [7, 11) is 0. The summed E-state index contributed by atoms with van der Waals surface area (Å²) in [6.07, 6.45) is 7.70. The Morgan fingerprint density at radius 1 is 1.23 bits per heavy atom. The molecule has 0 N–H and O–H groups in total. The molecule has 1 fully saturated rings. The topological polar surface area (TPSA) is 17.1 Å². The highest BCUT2D eigenvalue weighted by atomic mass is 32.2. The molecule has 1 rings (SSSR count). The Morgan fingerprint density at radius 3 is 2.23 bits per heavy atom. The van der Waals surface area contributed by atoms with Crippen molar-refractivity contribution in [3.8, 4) is 0 Å². The molecule has 1 nitrogen and oxygen atoms in total. The average molecular weight is 198 g/mol. The number of thioether (sulfide) groups is 1. The zero-order valence-corrected chi connectivity index (χ0v) is 9.16. The summed E-state index contributed by atoms with van der Waals surface area (Å²) in [5.74, 6) is 0. The van der Waals surface area contributed by atoms with E-state index in [4.69, 9.17) is 0 Å². The van der Waals surface area contributed by atoms with Crippen LogP contribution in [0.4, 0.5) is 0 Å². The number of carbonyl (C=O) groups excluding carboxylic acids is 1. The maximum atomic E-state index is 11.4. The molecule has 0 bridgehead atoms. The van der Waals surface area contributed by atoms with Gasteiger partial charge in [-0.05, 0) is 25.3 Å². The molecule has 74 valence electrons. The van der Waals surface area contributed by atoms with Gasteiger partial charge in [-0.3, -0.25) is 4.79 Å². The van der Waals surface area contributed by atoms with Crippen molar-refractivity contribution in [1.82, 2.24) is 0 Å². The van der Waals surface area contributed by atoms with Crippen LogP contribution in [0.1, 0.15) is 45.4 Å². The minimum Gasteiger partial charge on any atom is -0.282 e. The van der Waals surface area contributed by atoms with E-state index in [1.807, 2.05) is 0 Å². The third kappa shape index (κ3) is 3.99. The second-order valence-electron chi connectivity index (χ2n) is 3.80. The summed E-state index contributed by atoms with van der Waals surface area (Å²) in [5.41, 5.74) is 0.689. The third-order valence-electron chi connectivity index (χ3n) is 2.42. The third-order valence-corrected chi connectivity index (χ3v) is 3.79. The van der Waals surface area contributed by atoms with Crippen molar-refractivity contribution in [2.75, 3.05) is 0 Å². The Kier molecular flexibility index (Phi) is 4.57. The Labute approximate surface area is 85.0 Å². The van der Waals surface area contributed by atoms with Crippen LogP contribution in [0, 0.1) is 0 Å². The Balaban J connectivity index is 2.33. The summed E-state index contributed by atoms with van der Waals surface area (Å²) in [5, 5.41) is 0.749. The highest BCUT2D eigenvalue weighted by molar-refractivity contribution is 8.14. The van der Waals surface area contributed by atoms with Gasteiger partial charge in [-0.2, -0.15) is 0 Å². The number of hydrogen-bond donors (Lipinski definition) is 0. The maximum Gasteiger partial charge on any atom is 0.214 e. The molecule has 0 aromatic rings. The minimum atomic E-state index is 0.187. The van der Waals surface area contributed by atoms with Gasteiger partial charge in [0.15, 0.2) is 0 Å². The van der Waals surface area contributed by atoms with Crippen LogP contribution >= 0.6 is 11.8 Å². The van der Waals surface area contributed by atoms with Crippen molar-refractivity contribution >= 4 is 16.9 Å². The molecule has 2 heteroatoms. The molecule has 0 aromatic carbocycles. The van der Waals surface area contributed by atoms with Gasteiger partial charge in [0.1, 0.15) is 0 Å². The first-order chi connectivity index (χ1) is 6.20. The normalized spacial score (nSPS) is 19.5. The molecular formula is C11H18OS. The molecule has 0 spiro atoms. The Bertz CT molecular complexity index is 190. The molecule has 0 aliphatic heterocycles. The molecule has 0 amide bonds. The van der Waals surface area contributed by atoms with E-state index in [1.165, 1.54) is 50.3 Å². The summed E-state index contributed by atoms with van der Waals surface area (Å²) >= 11 is 1.50. The number of carbonyl (C=O) groups is 1. The van der Waals surface area contributed by atoms with E-state index in [0.29, 0.717) is 10.8 Å². The Morgan fingerprint density at radius 2 is 1.77 bits per heavy atom. The van der Waals surface area contributed by atoms with Crippen LogP contribution in [-0.2, 0) is 4.79 Å². The lowest BCUT2D eigenvalue weighted by Gasteiger charge is -2.11.